The van der Waals surface area contributed by atoms with Crippen LogP contribution in [0.4, 0.5) is 11.4 Å². The summed E-state index contributed by atoms with van der Waals surface area (Å²) in [6, 6.07) is 11.7. The molecule has 0 atom stereocenters. The summed E-state index contributed by atoms with van der Waals surface area (Å²) in [7, 11) is 2.83. The predicted octanol–water partition coefficient (Wildman–Crippen LogP) is 4.02. The van der Waals surface area contributed by atoms with E-state index in [1.807, 2.05) is 6.07 Å². The van der Waals surface area contributed by atoms with Gasteiger partial charge < -0.3 is 9.47 Å². The number of nitrogens with zero attached hydrogens (tertiary/aromatic N) is 2. The molecular formula is C18H14N2O5S2. The average molecular weight is 402 g/mol. The fourth-order valence-corrected chi connectivity index (χ4v) is 3.86. The SMILES string of the molecule is COc1cc(/C=C2/SC(=S)N(c3ccccc3)C2=O)c([N+](=O)[O-])cc1OC. The lowest BCUT2D eigenvalue weighted by molar-refractivity contribution is -0.385. The number of para-hydroxylation sites is 1. The minimum absolute atomic E-state index is 0.197. The zero-order valence-corrected chi connectivity index (χ0v) is 16.0. The number of carbonyl (C=O) groups is 1. The fourth-order valence-electron chi connectivity index (χ4n) is 2.57. The molecule has 1 aliphatic rings. The molecule has 138 valence electrons. The molecule has 1 amide bonds. The smallest absolute Gasteiger partial charge is 0.280 e. The van der Waals surface area contributed by atoms with Crippen molar-refractivity contribution in [2.75, 3.05) is 19.1 Å². The number of anilines is 1. The zero-order valence-electron chi connectivity index (χ0n) is 14.4. The third-order valence-corrected chi connectivity index (χ3v) is 5.13. The molecular weight excluding hydrogens is 388 g/mol. The third kappa shape index (κ3) is 3.64. The first-order valence-corrected chi connectivity index (χ1v) is 8.92. The minimum Gasteiger partial charge on any atom is -0.493 e. The van der Waals surface area contributed by atoms with Crippen LogP contribution in [-0.2, 0) is 4.79 Å². The fraction of sp³-hybridized carbons (Fsp3) is 0.111. The number of hydrogen-bond donors (Lipinski definition) is 0. The number of amides is 1. The largest absolute Gasteiger partial charge is 0.493 e. The van der Waals surface area contributed by atoms with E-state index >= 15 is 0 Å². The highest BCUT2D eigenvalue weighted by Gasteiger charge is 2.34. The molecule has 0 bridgehead atoms. The summed E-state index contributed by atoms with van der Waals surface area (Å²) in [4.78, 5) is 25.4. The molecule has 0 aromatic heterocycles. The van der Waals surface area contributed by atoms with Gasteiger partial charge in [-0.1, -0.05) is 42.2 Å². The van der Waals surface area contributed by atoms with E-state index < -0.39 is 4.92 Å². The van der Waals surface area contributed by atoms with Gasteiger partial charge in [-0.15, -0.1) is 0 Å². The second-order valence-corrected chi connectivity index (χ2v) is 7.05. The van der Waals surface area contributed by atoms with E-state index in [2.05, 4.69) is 0 Å². The lowest BCUT2D eigenvalue weighted by atomic mass is 10.1. The van der Waals surface area contributed by atoms with Crippen LogP contribution in [0.2, 0.25) is 0 Å². The molecule has 0 radical (unpaired) electrons. The number of methoxy groups -OCH3 is 2. The number of benzene rings is 2. The standard InChI is InChI=1S/C18H14N2O5S2/c1-24-14-8-11(13(20(22)23)10-15(14)25-2)9-16-17(21)19(18(26)27-16)12-6-4-3-5-7-12/h3-10H,1-2H3/b16-9+. The Kier molecular flexibility index (Phi) is 5.43. The van der Waals surface area contributed by atoms with Crippen molar-refractivity contribution in [3.05, 3.63) is 63.0 Å². The molecule has 0 spiro atoms. The normalized spacial score (nSPS) is 15.3. The number of nitro benzene ring substituents is 1. The summed E-state index contributed by atoms with van der Waals surface area (Å²) in [5.41, 5.74) is 0.675. The van der Waals surface area contributed by atoms with Crippen molar-refractivity contribution in [3.63, 3.8) is 0 Å². The molecule has 0 aliphatic carbocycles. The van der Waals surface area contributed by atoms with E-state index in [1.54, 1.807) is 24.3 Å². The minimum atomic E-state index is -0.536. The highest BCUT2D eigenvalue weighted by molar-refractivity contribution is 8.27. The topological polar surface area (TPSA) is 81.9 Å². The molecule has 7 nitrogen and oxygen atoms in total. The maximum atomic E-state index is 12.8. The number of nitro groups is 1. The van der Waals surface area contributed by atoms with Crippen molar-refractivity contribution in [2.24, 2.45) is 0 Å². The molecule has 0 unspecified atom stereocenters. The number of ether oxygens (including phenoxy) is 2. The number of thioether (sulfide) groups is 1. The number of thiocarbonyl (C=S) groups is 1. The van der Waals surface area contributed by atoms with Crippen LogP contribution in [0.25, 0.3) is 6.08 Å². The Morgan fingerprint density at radius 1 is 1.15 bits per heavy atom. The quantitative estimate of drug-likeness (QED) is 0.323. The average Bonchev–Trinajstić information content (AvgIpc) is 2.95. The Morgan fingerprint density at radius 2 is 1.78 bits per heavy atom. The second-order valence-electron chi connectivity index (χ2n) is 5.38. The van der Waals surface area contributed by atoms with Crippen LogP contribution in [0.15, 0.2) is 47.4 Å². The lowest BCUT2D eigenvalue weighted by Gasteiger charge is -2.13. The van der Waals surface area contributed by atoms with Gasteiger partial charge in [0.2, 0.25) is 0 Å². The Balaban J connectivity index is 2.05. The second kappa shape index (κ2) is 7.77. The van der Waals surface area contributed by atoms with Crippen LogP contribution in [0.3, 0.4) is 0 Å². The summed E-state index contributed by atoms with van der Waals surface area (Å²) >= 11 is 6.40. The number of hydrogen-bond acceptors (Lipinski definition) is 7. The maximum Gasteiger partial charge on any atom is 0.280 e. The Bertz CT molecular complexity index is 960. The molecule has 27 heavy (non-hydrogen) atoms. The van der Waals surface area contributed by atoms with E-state index in [4.69, 9.17) is 21.7 Å². The maximum absolute atomic E-state index is 12.8. The van der Waals surface area contributed by atoms with Gasteiger partial charge in [0.15, 0.2) is 15.8 Å². The van der Waals surface area contributed by atoms with Crippen LogP contribution < -0.4 is 14.4 Å². The van der Waals surface area contributed by atoms with E-state index in [9.17, 15) is 14.9 Å². The van der Waals surface area contributed by atoms with Gasteiger partial charge in [-0.25, -0.2) is 0 Å². The summed E-state index contributed by atoms with van der Waals surface area (Å²) in [5, 5.41) is 11.4. The zero-order chi connectivity index (χ0) is 19.6. The first-order chi connectivity index (χ1) is 13.0. The van der Waals surface area contributed by atoms with Crippen molar-refractivity contribution in [3.8, 4) is 11.5 Å². The van der Waals surface area contributed by atoms with E-state index in [0.717, 1.165) is 11.8 Å². The molecule has 1 fully saturated rings. The molecule has 2 aromatic rings. The molecule has 2 aromatic carbocycles. The van der Waals surface area contributed by atoms with Gasteiger partial charge in [-0.2, -0.15) is 0 Å². The van der Waals surface area contributed by atoms with Gasteiger partial charge in [-0.3, -0.25) is 19.8 Å². The molecule has 1 aliphatic heterocycles. The summed E-state index contributed by atoms with van der Waals surface area (Å²) in [5.74, 6) is 0.228. The van der Waals surface area contributed by atoms with Crippen molar-refractivity contribution in [2.45, 2.75) is 0 Å². The van der Waals surface area contributed by atoms with Crippen molar-refractivity contribution < 1.29 is 19.2 Å². The predicted molar refractivity (Wildman–Crippen MR) is 108 cm³/mol. The van der Waals surface area contributed by atoms with Crippen LogP contribution in [0.1, 0.15) is 5.56 Å². The Morgan fingerprint density at radius 3 is 2.37 bits per heavy atom. The van der Waals surface area contributed by atoms with Gasteiger partial charge in [0.05, 0.1) is 41.4 Å². The molecule has 9 heteroatoms. The Labute approximate surface area is 164 Å². The van der Waals surface area contributed by atoms with Gasteiger partial charge in [0, 0.05) is 0 Å². The first-order valence-electron chi connectivity index (χ1n) is 7.69. The molecule has 1 saturated heterocycles. The van der Waals surface area contributed by atoms with Gasteiger partial charge >= 0.3 is 0 Å². The van der Waals surface area contributed by atoms with Crippen LogP contribution in [-0.4, -0.2) is 29.4 Å². The highest BCUT2D eigenvalue weighted by Crippen LogP contribution is 2.40. The van der Waals surface area contributed by atoms with Crippen molar-refractivity contribution in [1.29, 1.82) is 0 Å². The first kappa shape index (κ1) is 18.9. The van der Waals surface area contributed by atoms with Gasteiger partial charge in [0.25, 0.3) is 11.6 Å². The summed E-state index contributed by atoms with van der Waals surface area (Å²) < 4.78 is 10.7. The monoisotopic (exact) mass is 402 g/mol. The molecule has 0 saturated carbocycles. The number of carbonyl (C=O) groups excluding carboxylic acids is 1. The van der Waals surface area contributed by atoms with E-state index in [1.165, 1.54) is 37.3 Å². The van der Waals surface area contributed by atoms with Crippen LogP contribution >= 0.6 is 24.0 Å². The third-order valence-electron chi connectivity index (χ3n) is 3.82. The van der Waals surface area contributed by atoms with Gasteiger partial charge in [-0.05, 0) is 24.3 Å². The Hall–Kier alpha value is -2.91. The van der Waals surface area contributed by atoms with Gasteiger partial charge in [0.1, 0.15) is 0 Å². The summed E-state index contributed by atoms with van der Waals surface area (Å²) in [6.45, 7) is 0. The molecule has 0 N–H and O–H groups in total. The summed E-state index contributed by atoms with van der Waals surface area (Å²) in [6.07, 6.45) is 1.45. The van der Waals surface area contributed by atoms with Crippen molar-refractivity contribution >= 4 is 51.7 Å². The van der Waals surface area contributed by atoms with Crippen molar-refractivity contribution in [1.82, 2.24) is 0 Å². The van der Waals surface area contributed by atoms with Crippen LogP contribution in [0, 0.1) is 10.1 Å². The molecule has 1 heterocycles. The highest BCUT2D eigenvalue weighted by atomic mass is 32.2. The molecule has 3 rings (SSSR count). The van der Waals surface area contributed by atoms with Crippen LogP contribution in [0.5, 0.6) is 11.5 Å². The van der Waals surface area contributed by atoms with E-state index in [0.29, 0.717) is 20.7 Å². The number of rotatable bonds is 5. The lowest BCUT2D eigenvalue weighted by Crippen LogP contribution is -2.27. The van der Waals surface area contributed by atoms with E-state index in [-0.39, 0.29) is 22.9 Å².